The zero-order valence-electron chi connectivity index (χ0n) is 10.7. The van der Waals surface area contributed by atoms with E-state index in [-0.39, 0.29) is 11.1 Å². The number of halogens is 3. The van der Waals surface area contributed by atoms with Crippen molar-refractivity contribution in [2.24, 2.45) is 0 Å². The zero-order valence-corrected chi connectivity index (χ0v) is 10.7. The van der Waals surface area contributed by atoms with Gasteiger partial charge in [0.05, 0.1) is 0 Å². The molecule has 1 aromatic carbocycles. The van der Waals surface area contributed by atoms with Crippen LogP contribution in [0.25, 0.3) is 5.57 Å². The Morgan fingerprint density at radius 3 is 2.60 bits per heavy atom. The second-order valence-electron chi connectivity index (χ2n) is 4.50. The van der Waals surface area contributed by atoms with Gasteiger partial charge >= 0.3 is 0 Å². The van der Waals surface area contributed by atoms with E-state index in [1.165, 1.54) is 19.9 Å². The van der Waals surface area contributed by atoms with Gasteiger partial charge in [-0.05, 0) is 37.6 Å². The summed E-state index contributed by atoms with van der Waals surface area (Å²) in [7, 11) is 0. The molecule has 1 unspecified atom stereocenters. The SMILES string of the molecule is C/C(=C\C1(C)OOC=CC1=O)c1ccc(F)c(F)c1F. The summed E-state index contributed by atoms with van der Waals surface area (Å²) < 4.78 is 39.7. The third kappa shape index (κ3) is 2.46. The van der Waals surface area contributed by atoms with Crippen molar-refractivity contribution >= 4 is 11.4 Å². The Kier molecular flexibility index (Phi) is 3.67. The minimum Gasteiger partial charge on any atom is -0.344 e. The standard InChI is InChI=1S/C14H11F3O3/c1-8(7-14(2)11(18)5-6-19-20-14)9-3-4-10(15)13(17)12(9)16/h3-7H,1-2H3/b8-7+. The van der Waals surface area contributed by atoms with Crippen LogP contribution in [0.2, 0.25) is 0 Å². The lowest BCUT2D eigenvalue weighted by atomic mass is 9.94. The summed E-state index contributed by atoms with van der Waals surface area (Å²) in [4.78, 5) is 21.2. The van der Waals surface area contributed by atoms with E-state index in [9.17, 15) is 18.0 Å². The minimum atomic E-state index is -1.56. The largest absolute Gasteiger partial charge is 0.344 e. The summed E-state index contributed by atoms with van der Waals surface area (Å²) in [5, 5.41) is 0. The van der Waals surface area contributed by atoms with Gasteiger partial charge in [0.25, 0.3) is 0 Å². The first-order valence-corrected chi connectivity index (χ1v) is 5.74. The maximum atomic E-state index is 13.7. The maximum Gasteiger partial charge on any atom is 0.198 e. The fourth-order valence-corrected chi connectivity index (χ4v) is 1.84. The lowest BCUT2D eigenvalue weighted by molar-refractivity contribution is -0.300. The van der Waals surface area contributed by atoms with E-state index < -0.39 is 28.8 Å². The molecule has 0 amide bonds. The average Bonchev–Trinajstić information content (AvgIpc) is 2.39. The van der Waals surface area contributed by atoms with Crippen molar-refractivity contribution in [3.8, 4) is 0 Å². The van der Waals surface area contributed by atoms with Gasteiger partial charge in [0, 0.05) is 11.6 Å². The molecule has 0 aliphatic carbocycles. The molecule has 0 aromatic heterocycles. The molecule has 2 rings (SSSR count). The Hall–Kier alpha value is -2.08. The molecule has 1 atom stereocenters. The number of hydrogen-bond acceptors (Lipinski definition) is 3. The predicted molar refractivity (Wildman–Crippen MR) is 64.7 cm³/mol. The van der Waals surface area contributed by atoms with Crippen molar-refractivity contribution in [1.29, 1.82) is 0 Å². The lowest BCUT2D eigenvalue weighted by Crippen LogP contribution is -2.37. The summed E-state index contributed by atoms with van der Waals surface area (Å²) in [6, 6.07) is 1.90. The molecule has 0 saturated heterocycles. The van der Waals surface area contributed by atoms with Crippen molar-refractivity contribution < 1.29 is 27.7 Å². The van der Waals surface area contributed by atoms with Crippen LogP contribution >= 0.6 is 0 Å². The van der Waals surface area contributed by atoms with Crippen LogP contribution in [0.4, 0.5) is 13.2 Å². The van der Waals surface area contributed by atoms with Crippen molar-refractivity contribution in [3.63, 3.8) is 0 Å². The van der Waals surface area contributed by atoms with E-state index in [0.717, 1.165) is 24.5 Å². The number of rotatable bonds is 2. The van der Waals surface area contributed by atoms with E-state index in [1.54, 1.807) is 0 Å². The predicted octanol–water partition coefficient (Wildman–Crippen LogP) is 3.31. The first-order chi connectivity index (χ1) is 9.35. The molecule has 1 heterocycles. The van der Waals surface area contributed by atoms with E-state index in [0.29, 0.717) is 0 Å². The van der Waals surface area contributed by atoms with Crippen LogP contribution in [-0.2, 0) is 14.6 Å². The number of allylic oxidation sites excluding steroid dienone is 1. The molecule has 1 aliphatic heterocycles. The highest BCUT2D eigenvalue weighted by Crippen LogP contribution is 2.27. The van der Waals surface area contributed by atoms with Crippen LogP contribution in [0.3, 0.4) is 0 Å². The third-order valence-electron chi connectivity index (χ3n) is 2.94. The normalized spacial score (nSPS) is 22.9. The number of carbonyl (C=O) groups excluding carboxylic acids is 1. The lowest BCUT2D eigenvalue weighted by Gasteiger charge is -2.24. The van der Waals surface area contributed by atoms with Crippen LogP contribution in [-0.4, -0.2) is 11.4 Å². The van der Waals surface area contributed by atoms with Gasteiger partial charge in [0.1, 0.15) is 6.26 Å². The molecule has 1 aromatic rings. The summed E-state index contributed by atoms with van der Waals surface area (Å²) in [6.07, 6.45) is 3.52. The molecule has 0 saturated carbocycles. The first kappa shape index (κ1) is 14.3. The van der Waals surface area contributed by atoms with Gasteiger partial charge in [-0.2, -0.15) is 4.89 Å². The number of carbonyl (C=O) groups is 1. The van der Waals surface area contributed by atoms with Crippen LogP contribution in [0.5, 0.6) is 0 Å². The molecular formula is C14H11F3O3. The Labute approximate surface area is 113 Å². The van der Waals surface area contributed by atoms with Gasteiger partial charge in [-0.25, -0.2) is 13.2 Å². The van der Waals surface area contributed by atoms with Crippen LogP contribution in [0, 0.1) is 17.5 Å². The second-order valence-corrected chi connectivity index (χ2v) is 4.50. The van der Waals surface area contributed by atoms with Gasteiger partial charge in [0.15, 0.2) is 28.8 Å². The Balaban J connectivity index is 2.43. The molecule has 20 heavy (non-hydrogen) atoms. The average molecular weight is 284 g/mol. The molecule has 3 nitrogen and oxygen atoms in total. The van der Waals surface area contributed by atoms with Crippen molar-refractivity contribution in [3.05, 3.63) is 53.6 Å². The number of hydrogen-bond donors (Lipinski definition) is 0. The Bertz CT molecular complexity index is 622. The first-order valence-electron chi connectivity index (χ1n) is 5.74. The Morgan fingerprint density at radius 2 is 1.95 bits per heavy atom. The maximum absolute atomic E-state index is 13.7. The Morgan fingerprint density at radius 1 is 1.25 bits per heavy atom. The fraction of sp³-hybridized carbons (Fsp3) is 0.214. The molecule has 0 bridgehead atoms. The fourth-order valence-electron chi connectivity index (χ4n) is 1.84. The highest BCUT2D eigenvalue weighted by Gasteiger charge is 2.35. The monoisotopic (exact) mass is 284 g/mol. The molecule has 0 radical (unpaired) electrons. The van der Waals surface area contributed by atoms with E-state index in [2.05, 4.69) is 4.89 Å². The molecule has 0 fully saturated rings. The highest BCUT2D eigenvalue weighted by atomic mass is 19.2. The summed E-state index contributed by atoms with van der Waals surface area (Å²) >= 11 is 0. The van der Waals surface area contributed by atoms with Crippen molar-refractivity contribution in [2.45, 2.75) is 19.4 Å². The molecular weight excluding hydrogens is 273 g/mol. The van der Waals surface area contributed by atoms with Crippen molar-refractivity contribution in [1.82, 2.24) is 0 Å². The summed E-state index contributed by atoms with van der Waals surface area (Å²) in [5.41, 5.74) is -1.39. The minimum absolute atomic E-state index is 0.156. The topological polar surface area (TPSA) is 35.5 Å². The van der Waals surface area contributed by atoms with Gasteiger partial charge in [-0.15, -0.1) is 0 Å². The zero-order chi connectivity index (χ0) is 14.9. The molecule has 0 spiro atoms. The quantitative estimate of drug-likeness (QED) is 0.617. The van der Waals surface area contributed by atoms with Crippen LogP contribution in [0.15, 0.2) is 30.5 Å². The van der Waals surface area contributed by atoms with Crippen LogP contribution in [0.1, 0.15) is 19.4 Å². The van der Waals surface area contributed by atoms with E-state index >= 15 is 0 Å². The molecule has 1 aliphatic rings. The van der Waals surface area contributed by atoms with Gasteiger partial charge in [-0.1, -0.05) is 0 Å². The van der Waals surface area contributed by atoms with E-state index in [4.69, 9.17) is 4.89 Å². The molecule has 0 N–H and O–H groups in total. The van der Waals surface area contributed by atoms with E-state index in [1.807, 2.05) is 0 Å². The van der Waals surface area contributed by atoms with Gasteiger partial charge < -0.3 is 4.89 Å². The van der Waals surface area contributed by atoms with Crippen LogP contribution < -0.4 is 0 Å². The highest BCUT2D eigenvalue weighted by molar-refractivity contribution is 5.99. The summed E-state index contributed by atoms with van der Waals surface area (Å²) in [5.74, 6) is -4.57. The summed E-state index contributed by atoms with van der Waals surface area (Å²) in [6.45, 7) is 2.87. The third-order valence-corrected chi connectivity index (χ3v) is 2.94. The van der Waals surface area contributed by atoms with Crippen molar-refractivity contribution in [2.75, 3.05) is 0 Å². The number of ketones is 1. The molecule has 106 valence electrons. The molecule has 6 heteroatoms. The number of benzene rings is 1. The second kappa shape index (κ2) is 5.13. The smallest absolute Gasteiger partial charge is 0.198 e. The van der Waals surface area contributed by atoms with Gasteiger partial charge in [0.2, 0.25) is 0 Å². The van der Waals surface area contributed by atoms with Gasteiger partial charge in [-0.3, -0.25) is 4.79 Å².